The number of carbonyl (C=O) groups is 1. The van der Waals surface area contributed by atoms with Crippen molar-refractivity contribution < 1.29 is 19.4 Å². The highest BCUT2D eigenvalue weighted by molar-refractivity contribution is 7.24. The highest BCUT2D eigenvalue weighted by Crippen LogP contribution is 2.32. The zero-order chi connectivity index (χ0) is 14.3. The van der Waals surface area contributed by atoms with Crippen molar-refractivity contribution in [1.82, 2.24) is 9.38 Å². The van der Waals surface area contributed by atoms with Gasteiger partial charge in [0.2, 0.25) is 0 Å². The molecule has 0 aliphatic carbocycles. The lowest BCUT2D eigenvalue weighted by Gasteiger charge is -2.01. The monoisotopic (exact) mass is 292 g/mol. The third kappa shape index (κ3) is 1.86. The molecule has 3 rings (SSSR count). The molecule has 2 aromatic heterocycles. The zero-order valence-electron chi connectivity index (χ0n) is 10.2. The third-order valence-corrected chi connectivity index (χ3v) is 3.85. The molecule has 102 valence electrons. The van der Waals surface area contributed by atoms with E-state index in [1.54, 1.807) is 18.2 Å². The summed E-state index contributed by atoms with van der Waals surface area (Å²) in [7, 11) is 1.52. The molecule has 8 heteroatoms. The number of benzene rings is 1. The van der Waals surface area contributed by atoms with E-state index >= 15 is 0 Å². The second-order valence-electron chi connectivity index (χ2n) is 3.85. The highest BCUT2D eigenvalue weighted by atomic mass is 32.1. The maximum absolute atomic E-state index is 11.9. The molecule has 0 bridgehead atoms. The van der Waals surface area contributed by atoms with E-state index in [-0.39, 0.29) is 5.75 Å². The molecule has 0 radical (unpaired) electrons. The predicted octanol–water partition coefficient (Wildman–Crippen LogP) is 1.97. The molecular weight excluding hydrogens is 284 g/mol. The Morgan fingerprint density at radius 3 is 2.95 bits per heavy atom. The number of nitrogens with zero attached hydrogens (tertiary/aromatic N) is 2. The minimum Gasteiger partial charge on any atom is -0.497 e. The lowest BCUT2D eigenvalue weighted by Crippen LogP contribution is -2.16. The first-order valence-corrected chi connectivity index (χ1v) is 6.31. The Balaban J connectivity index is 2.40. The van der Waals surface area contributed by atoms with Crippen LogP contribution >= 0.6 is 11.3 Å². The summed E-state index contributed by atoms with van der Waals surface area (Å²) in [4.78, 5) is 26.6. The van der Waals surface area contributed by atoms with E-state index in [0.717, 1.165) is 10.9 Å². The van der Waals surface area contributed by atoms with Gasteiger partial charge in [0.1, 0.15) is 10.6 Å². The van der Waals surface area contributed by atoms with Gasteiger partial charge in [-0.1, -0.05) is 0 Å². The van der Waals surface area contributed by atoms with Crippen molar-refractivity contribution in [2.75, 3.05) is 7.11 Å². The molecular formula is C12H8N2O5S. The van der Waals surface area contributed by atoms with Gasteiger partial charge in [0.05, 0.1) is 23.5 Å². The Morgan fingerprint density at radius 1 is 1.45 bits per heavy atom. The highest BCUT2D eigenvalue weighted by Gasteiger charge is 2.15. The zero-order valence-corrected chi connectivity index (χ0v) is 11.0. The number of aromatic nitrogens is 2. The minimum absolute atomic E-state index is 0.0252. The SMILES string of the molecule is COc1ccc2sc3c(OC(=O)O)cnc(=O)n3c2c1. The van der Waals surface area contributed by atoms with E-state index in [0.29, 0.717) is 16.1 Å². The van der Waals surface area contributed by atoms with Gasteiger partial charge in [-0.05, 0) is 12.1 Å². The number of rotatable bonds is 2. The standard InChI is InChI=1S/C12H8N2O5S/c1-18-6-2-3-9-7(4-6)14-10(20-9)8(19-12(16)17)5-13-11(14)15/h2-5H,1H3,(H,16,17). The van der Waals surface area contributed by atoms with Gasteiger partial charge in [-0.25, -0.2) is 14.0 Å². The lowest BCUT2D eigenvalue weighted by atomic mass is 10.3. The van der Waals surface area contributed by atoms with E-state index in [1.165, 1.54) is 22.8 Å². The molecule has 1 N–H and O–H groups in total. The molecule has 0 amide bonds. The molecule has 0 fully saturated rings. The van der Waals surface area contributed by atoms with Crippen molar-refractivity contribution in [1.29, 1.82) is 0 Å². The summed E-state index contributed by atoms with van der Waals surface area (Å²) in [5, 5.41) is 8.70. The molecule has 7 nitrogen and oxygen atoms in total. The van der Waals surface area contributed by atoms with Crippen molar-refractivity contribution in [2.45, 2.75) is 0 Å². The predicted molar refractivity (Wildman–Crippen MR) is 72.0 cm³/mol. The number of thiazole rings is 1. The summed E-state index contributed by atoms with van der Waals surface area (Å²) in [5.74, 6) is 0.617. The van der Waals surface area contributed by atoms with Crippen LogP contribution in [0.1, 0.15) is 0 Å². The Labute approximate surface area is 115 Å². The molecule has 1 aromatic carbocycles. The second-order valence-corrected chi connectivity index (χ2v) is 4.88. The maximum Gasteiger partial charge on any atom is 0.511 e. The Bertz CT molecular complexity index is 883. The summed E-state index contributed by atoms with van der Waals surface area (Å²) in [5.41, 5.74) is 0.0925. The van der Waals surface area contributed by atoms with Crippen LogP contribution in [0.2, 0.25) is 0 Å². The number of ether oxygens (including phenoxy) is 2. The van der Waals surface area contributed by atoms with Crippen molar-refractivity contribution in [3.8, 4) is 11.5 Å². The van der Waals surface area contributed by atoms with E-state index < -0.39 is 11.8 Å². The van der Waals surface area contributed by atoms with Crippen molar-refractivity contribution in [3.63, 3.8) is 0 Å². The molecule has 20 heavy (non-hydrogen) atoms. The van der Waals surface area contributed by atoms with Crippen LogP contribution in [0.4, 0.5) is 4.79 Å². The Morgan fingerprint density at radius 2 is 2.25 bits per heavy atom. The first-order chi connectivity index (χ1) is 9.60. The topological polar surface area (TPSA) is 90.1 Å². The van der Waals surface area contributed by atoms with Gasteiger partial charge in [0.25, 0.3) is 0 Å². The lowest BCUT2D eigenvalue weighted by molar-refractivity contribution is 0.145. The fraction of sp³-hybridized carbons (Fsp3) is 0.0833. The van der Waals surface area contributed by atoms with Crippen LogP contribution in [0, 0.1) is 0 Å². The van der Waals surface area contributed by atoms with Gasteiger partial charge < -0.3 is 14.6 Å². The maximum atomic E-state index is 11.9. The van der Waals surface area contributed by atoms with Crippen molar-refractivity contribution in [2.24, 2.45) is 0 Å². The molecule has 0 atom stereocenters. The summed E-state index contributed by atoms with van der Waals surface area (Å²) in [6.07, 6.45) is -0.347. The van der Waals surface area contributed by atoms with E-state index in [9.17, 15) is 9.59 Å². The van der Waals surface area contributed by atoms with Gasteiger partial charge in [-0.2, -0.15) is 4.98 Å². The third-order valence-electron chi connectivity index (χ3n) is 2.71. The van der Waals surface area contributed by atoms with Crippen LogP contribution in [0.15, 0.2) is 29.2 Å². The summed E-state index contributed by atoms with van der Waals surface area (Å²) in [6, 6.07) is 5.23. The Hall–Kier alpha value is -2.61. The van der Waals surface area contributed by atoms with Gasteiger partial charge in [-0.3, -0.25) is 0 Å². The molecule has 0 aliphatic heterocycles. The number of fused-ring (bicyclic) bond motifs is 3. The quantitative estimate of drug-likeness (QED) is 0.726. The fourth-order valence-corrected chi connectivity index (χ4v) is 2.95. The van der Waals surface area contributed by atoms with Crippen LogP contribution in [-0.2, 0) is 0 Å². The number of methoxy groups -OCH3 is 1. The summed E-state index contributed by atoms with van der Waals surface area (Å²) >= 11 is 1.24. The van der Waals surface area contributed by atoms with Crippen LogP contribution < -0.4 is 15.2 Å². The first-order valence-electron chi connectivity index (χ1n) is 5.49. The molecule has 0 saturated carbocycles. The molecule has 0 saturated heterocycles. The van der Waals surface area contributed by atoms with E-state index in [1.807, 2.05) is 0 Å². The smallest absolute Gasteiger partial charge is 0.497 e. The van der Waals surface area contributed by atoms with Gasteiger partial charge in [0.15, 0.2) is 5.75 Å². The minimum atomic E-state index is -1.46. The number of carboxylic acid groups (broad SMARTS) is 1. The number of hydrogen-bond acceptors (Lipinski definition) is 6. The number of hydrogen-bond donors (Lipinski definition) is 1. The molecule has 0 unspecified atom stereocenters. The van der Waals surface area contributed by atoms with E-state index in [4.69, 9.17) is 9.84 Å². The van der Waals surface area contributed by atoms with Crippen molar-refractivity contribution in [3.05, 3.63) is 34.9 Å². The normalized spacial score (nSPS) is 10.8. The molecule has 3 aromatic rings. The summed E-state index contributed by atoms with van der Waals surface area (Å²) in [6.45, 7) is 0. The fourth-order valence-electron chi connectivity index (χ4n) is 1.89. The van der Waals surface area contributed by atoms with E-state index in [2.05, 4.69) is 9.72 Å². The summed E-state index contributed by atoms with van der Waals surface area (Å²) < 4.78 is 11.9. The van der Waals surface area contributed by atoms with Crippen molar-refractivity contribution >= 4 is 32.5 Å². The van der Waals surface area contributed by atoms with Crippen LogP contribution in [0.25, 0.3) is 15.0 Å². The second kappa shape index (κ2) is 4.49. The Kier molecular flexibility index (Phi) is 2.79. The van der Waals surface area contributed by atoms with Gasteiger partial charge in [-0.15, -0.1) is 11.3 Å². The first kappa shape index (κ1) is 12.4. The van der Waals surface area contributed by atoms with Crippen LogP contribution in [-0.4, -0.2) is 27.8 Å². The largest absolute Gasteiger partial charge is 0.511 e. The van der Waals surface area contributed by atoms with Gasteiger partial charge in [0, 0.05) is 6.07 Å². The van der Waals surface area contributed by atoms with Crippen LogP contribution in [0.5, 0.6) is 11.5 Å². The molecule has 0 aliphatic rings. The average molecular weight is 292 g/mol. The van der Waals surface area contributed by atoms with Gasteiger partial charge >= 0.3 is 11.8 Å². The van der Waals surface area contributed by atoms with Crippen LogP contribution in [0.3, 0.4) is 0 Å². The average Bonchev–Trinajstić information content (AvgIpc) is 2.80. The molecule has 2 heterocycles. The molecule has 0 spiro atoms.